The van der Waals surface area contributed by atoms with Gasteiger partial charge in [-0.1, -0.05) is 41.9 Å². The van der Waals surface area contributed by atoms with Gasteiger partial charge < -0.3 is 5.32 Å². The van der Waals surface area contributed by atoms with E-state index in [1.807, 2.05) is 5.32 Å². The number of halogens is 5. The van der Waals surface area contributed by atoms with Crippen molar-refractivity contribution in [3.8, 4) is 5.69 Å². The lowest BCUT2D eigenvalue weighted by Crippen LogP contribution is -2.40. The van der Waals surface area contributed by atoms with Gasteiger partial charge in [-0.05, 0) is 41.1 Å². The summed E-state index contributed by atoms with van der Waals surface area (Å²) in [5.74, 6) is -2.09. The maximum absolute atomic E-state index is 13.2. The van der Waals surface area contributed by atoms with E-state index in [4.69, 9.17) is 11.6 Å². The van der Waals surface area contributed by atoms with Gasteiger partial charge in [-0.2, -0.15) is 13.2 Å². The molecule has 1 amide bonds. The highest BCUT2D eigenvalue weighted by Crippen LogP contribution is 2.34. The molecule has 1 N–H and O–H groups in total. The number of rotatable bonds is 3. The minimum atomic E-state index is -5.04. The van der Waals surface area contributed by atoms with Crippen molar-refractivity contribution in [1.82, 2.24) is 9.88 Å². The molecule has 3 rings (SSSR count). The lowest BCUT2D eigenvalue weighted by atomic mass is 10.1. The van der Waals surface area contributed by atoms with Crippen molar-refractivity contribution in [2.75, 3.05) is 0 Å². The van der Waals surface area contributed by atoms with E-state index in [2.05, 4.69) is 15.9 Å². The molecule has 1 atom stereocenters. The summed E-state index contributed by atoms with van der Waals surface area (Å²) in [5.41, 5.74) is 0.0970. The highest BCUT2D eigenvalue weighted by Gasteiger charge is 2.40. The molecule has 0 aliphatic rings. The number of nitrogens with zero attached hydrogens (tertiary/aromatic N) is 1. The number of pyridine rings is 1. The Bertz CT molecular complexity index is 1110. The smallest absolute Gasteiger partial charge is 0.340 e. The van der Waals surface area contributed by atoms with Gasteiger partial charge in [-0.25, -0.2) is 0 Å². The molecule has 0 aliphatic heterocycles. The zero-order chi connectivity index (χ0) is 20.6. The summed E-state index contributed by atoms with van der Waals surface area (Å²) < 4.78 is 39.8. The minimum absolute atomic E-state index is 0.170. The van der Waals surface area contributed by atoms with Gasteiger partial charge in [0.15, 0.2) is 0 Å². The molecule has 0 bridgehead atoms. The zero-order valence-corrected chi connectivity index (χ0v) is 16.7. The van der Waals surface area contributed by atoms with E-state index >= 15 is 0 Å². The molecule has 9 heteroatoms. The van der Waals surface area contributed by atoms with Crippen LogP contribution in [0.4, 0.5) is 13.2 Å². The number of fused-ring (bicyclic) bond motifs is 1. The van der Waals surface area contributed by atoms with Crippen LogP contribution in [0.15, 0.2) is 57.8 Å². The molecule has 3 aromatic rings. The van der Waals surface area contributed by atoms with E-state index in [9.17, 15) is 22.8 Å². The first-order valence-electron chi connectivity index (χ1n) is 8.08. The number of para-hydroxylation sites is 1. The third kappa shape index (κ3) is 3.66. The summed E-state index contributed by atoms with van der Waals surface area (Å²) in [6.07, 6.45) is -5.04. The molecule has 28 heavy (non-hydrogen) atoms. The SMILES string of the molecule is CC(NC(=O)C(F)(F)F)c1c(Br)c2cccc(Cl)c2c(=O)n1-c1ccccc1. The summed E-state index contributed by atoms with van der Waals surface area (Å²) >= 11 is 9.61. The summed E-state index contributed by atoms with van der Waals surface area (Å²) in [5, 5.41) is 2.78. The van der Waals surface area contributed by atoms with Gasteiger partial charge >= 0.3 is 12.1 Å². The Balaban J connectivity index is 2.33. The fraction of sp³-hybridized carbons (Fsp3) is 0.158. The van der Waals surface area contributed by atoms with Crippen LogP contribution in [0.5, 0.6) is 0 Å². The maximum atomic E-state index is 13.2. The molecule has 0 aliphatic carbocycles. The monoisotopic (exact) mass is 472 g/mol. The van der Waals surface area contributed by atoms with Crippen LogP contribution in [0, 0.1) is 0 Å². The Kier molecular flexibility index (Phi) is 5.54. The molecule has 0 saturated heterocycles. The standard InChI is InChI=1S/C19H13BrClF3N2O2/c1-10(25-18(28)19(22,23)24)16-15(20)12-8-5-9-13(21)14(12)17(27)26(16)11-6-3-2-4-7-11/h2-10H,1H3,(H,25,28). The van der Waals surface area contributed by atoms with Crippen molar-refractivity contribution in [3.63, 3.8) is 0 Å². The molecule has 0 fully saturated rings. The van der Waals surface area contributed by atoms with Crippen LogP contribution in [-0.2, 0) is 4.79 Å². The normalized spacial score (nSPS) is 12.8. The molecule has 0 saturated carbocycles. The predicted molar refractivity (Wildman–Crippen MR) is 105 cm³/mol. The zero-order valence-electron chi connectivity index (χ0n) is 14.3. The number of hydrogen-bond donors (Lipinski definition) is 1. The molecular formula is C19H13BrClF3N2O2. The predicted octanol–water partition coefficient (Wildman–Crippen LogP) is 5.15. The summed E-state index contributed by atoms with van der Waals surface area (Å²) in [7, 11) is 0. The van der Waals surface area contributed by atoms with Crippen molar-refractivity contribution in [2.45, 2.75) is 19.1 Å². The topological polar surface area (TPSA) is 51.1 Å². The number of benzene rings is 2. The van der Waals surface area contributed by atoms with Crippen molar-refractivity contribution < 1.29 is 18.0 Å². The maximum Gasteiger partial charge on any atom is 0.471 e. The summed E-state index contributed by atoms with van der Waals surface area (Å²) in [6.45, 7) is 1.37. The molecule has 0 radical (unpaired) electrons. The van der Waals surface area contributed by atoms with E-state index < -0.39 is 23.7 Å². The van der Waals surface area contributed by atoms with Crippen LogP contribution in [0.2, 0.25) is 5.02 Å². The largest absolute Gasteiger partial charge is 0.471 e. The van der Waals surface area contributed by atoms with Crippen LogP contribution in [0.3, 0.4) is 0 Å². The third-order valence-electron chi connectivity index (χ3n) is 4.16. The summed E-state index contributed by atoms with van der Waals surface area (Å²) in [6, 6.07) is 12.1. The highest BCUT2D eigenvalue weighted by molar-refractivity contribution is 9.10. The van der Waals surface area contributed by atoms with Crippen molar-refractivity contribution in [1.29, 1.82) is 0 Å². The number of carbonyl (C=O) groups is 1. The molecule has 1 unspecified atom stereocenters. The second-order valence-electron chi connectivity index (χ2n) is 6.03. The van der Waals surface area contributed by atoms with E-state index in [0.717, 1.165) is 0 Å². The van der Waals surface area contributed by atoms with Gasteiger partial charge in [0, 0.05) is 15.5 Å². The number of amides is 1. The Morgan fingerprint density at radius 1 is 1.14 bits per heavy atom. The number of carbonyl (C=O) groups excluding carboxylic acids is 1. The van der Waals surface area contributed by atoms with Crippen LogP contribution >= 0.6 is 27.5 Å². The molecule has 146 valence electrons. The van der Waals surface area contributed by atoms with Crippen molar-refractivity contribution >= 4 is 44.2 Å². The van der Waals surface area contributed by atoms with Gasteiger partial charge in [0.1, 0.15) is 0 Å². The van der Waals surface area contributed by atoms with E-state index in [0.29, 0.717) is 15.5 Å². The second-order valence-corrected chi connectivity index (χ2v) is 7.23. The molecule has 1 aromatic heterocycles. The lowest BCUT2D eigenvalue weighted by Gasteiger charge is -2.23. The number of aromatic nitrogens is 1. The van der Waals surface area contributed by atoms with Crippen LogP contribution in [-0.4, -0.2) is 16.7 Å². The van der Waals surface area contributed by atoms with Crippen molar-refractivity contribution in [2.24, 2.45) is 0 Å². The quantitative estimate of drug-likeness (QED) is 0.572. The molecular weight excluding hydrogens is 461 g/mol. The first-order valence-corrected chi connectivity index (χ1v) is 9.25. The Labute approximate surface area is 171 Å². The first kappa shape index (κ1) is 20.4. The molecule has 4 nitrogen and oxygen atoms in total. The molecule has 0 spiro atoms. The first-order chi connectivity index (χ1) is 13.1. The van der Waals surface area contributed by atoms with Gasteiger partial charge in [-0.3, -0.25) is 14.2 Å². The second kappa shape index (κ2) is 7.60. The van der Waals surface area contributed by atoms with E-state index in [-0.39, 0.29) is 16.1 Å². The van der Waals surface area contributed by atoms with E-state index in [1.54, 1.807) is 48.5 Å². The fourth-order valence-corrected chi connectivity index (χ4v) is 4.05. The van der Waals surface area contributed by atoms with Gasteiger partial charge in [0.25, 0.3) is 5.56 Å². The highest BCUT2D eigenvalue weighted by atomic mass is 79.9. The average Bonchev–Trinajstić information content (AvgIpc) is 2.64. The van der Waals surface area contributed by atoms with Gasteiger partial charge in [0.05, 0.1) is 22.1 Å². The molecule has 1 heterocycles. The van der Waals surface area contributed by atoms with Gasteiger partial charge in [0.2, 0.25) is 0 Å². The minimum Gasteiger partial charge on any atom is -0.340 e. The lowest BCUT2D eigenvalue weighted by molar-refractivity contribution is -0.174. The van der Waals surface area contributed by atoms with Crippen LogP contribution in [0.1, 0.15) is 18.7 Å². The fourth-order valence-electron chi connectivity index (χ4n) is 2.95. The van der Waals surface area contributed by atoms with E-state index in [1.165, 1.54) is 11.5 Å². The number of hydrogen-bond acceptors (Lipinski definition) is 2. The Morgan fingerprint density at radius 2 is 1.79 bits per heavy atom. The Hall–Kier alpha value is -2.32. The van der Waals surface area contributed by atoms with Crippen molar-refractivity contribution in [3.05, 3.63) is 74.1 Å². The van der Waals surface area contributed by atoms with Crippen LogP contribution < -0.4 is 10.9 Å². The van der Waals surface area contributed by atoms with Gasteiger partial charge in [-0.15, -0.1) is 0 Å². The third-order valence-corrected chi connectivity index (χ3v) is 5.31. The molecule has 2 aromatic carbocycles. The Morgan fingerprint density at radius 3 is 2.39 bits per heavy atom. The average molecular weight is 474 g/mol. The summed E-state index contributed by atoms with van der Waals surface area (Å²) in [4.78, 5) is 24.7. The number of nitrogens with one attached hydrogen (secondary N) is 1. The van der Waals surface area contributed by atoms with Crippen LogP contribution in [0.25, 0.3) is 16.5 Å². The number of alkyl halides is 3.